The SMILES string of the molecule is CC[CH]=[Ru+]. The van der Waals surface area contributed by atoms with Gasteiger partial charge < -0.3 is 0 Å². The Hall–Kier alpha value is 0.493. The molecule has 0 aliphatic rings. The van der Waals surface area contributed by atoms with Crippen molar-refractivity contribution in [3.63, 3.8) is 0 Å². The summed E-state index contributed by atoms with van der Waals surface area (Å²) in [5.41, 5.74) is 0. The molecule has 0 aromatic carbocycles. The number of rotatable bonds is 1. The summed E-state index contributed by atoms with van der Waals surface area (Å²) in [4.78, 5) is 0. The van der Waals surface area contributed by atoms with Gasteiger partial charge in [-0.2, -0.15) is 0 Å². The minimum absolute atomic E-state index is 1.16. The Balaban J connectivity index is 2.30. The first-order chi connectivity index (χ1) is 1.91. The van der Waals surface area contributed by atoms with Crippen LogP contribution >= 0.6 is 0 Å². The van der Waals surface area contributed by atoms with Crippen LogP contribution in [-0.2, 0) is 17.9 Å². The van der Waals surface area contributed by atoms with Crippen LogP contribution in [0.25, 0.3) is 0 Å². The van der Waals surface area contributed by atoms with Crippen LogP contribution in [0.15, 0.2) is 0 Å². The molecular weight excluding hydrogens is 137 g/mol. The maximum absolute atomic E-state index is 2.45. The second-order valence-electron chi connectivity index (χ2n) is 0.553. The molecule has 0 aromatic rings. The van der Waals surface area contributed by atoms with Crippen molar-refractivity contribution < 1.29 is 17.9 Å². The summed E-state index contributed by atoms with van der Waals surface area (Å²) >= 11 is 2.45. The zero-order valence-electron chi connectivity index (χ0n) is 2.64. The monoisotopic (exact) mass is 144 g/mol. The van der Waals surface area contributed by atoms with Crippen molar-refractivity contribution in [3.05, 3.63) is 0 Å². The van der Waals surface area contributed by atoms with E-state index < -0.39 is 0 Å². The van der Waals surface area contributed by atoms with Crippen LogP contribution in [0, 0.1) is 0 Å². The molecule has 0 fully saturated rings. The van der Waals surface area contributed by atoms with Crippen molar-refractivity contribution in [2.75, 3.05) is 0 Å². The third-order valence-electron chi connectivity index (χ3n) is 0.144. The van der Waals surface area contributed by atoms with E-state index in [9.17, 15) is 0 Å². The summed E-state index contributed by atoms with van der Waals surface area (Å²) < 4.78 is 2.05. The number of hydrogen-bond donors (Lipinski definition) is 0. The van der Waals surface area contributed by atoms with E-state index in [1.165, 1.54) is 0 Å². The van der Waals surface area contributed by atoms with E-state index in [1.54, 1.807) is 0 Å². The van der Waals surface area contributed by atoms with Crippen LogP contribution in [0.3, 0.4) is 0 Å². The average molecular weight is 143 g/mol. The molecule has 0 spiro atoms. The molecule has 0 rings (SSSR count). The van der Waals surface area contributed by atoms with E-state index in [1.807, 2.05) is 0 Å². The molecule has 0 atom stereocenters. The second kappa shape index (κ2) is 3.49. The van der Waals surface area contributed by atoms with E-state index in [0.29, 0.717) is 0 Å². The van der Waals surface area contributed by atoms with Gasteiger partial charge in [0.25, 0.3) is 0 Å². The Morgan fingerprint density at radius 2 is 2.25 bits per heavy atom. The van der Waals surface area contributed by atoms with Gasteiger partial charge in [0.15, 0.2) is 0 Å². The van der Waals surface area contributed by atoms with Crippen molar-refractivity contribution >= 4 is 4.61 Å². The summed E-state index contributed by atoms with van der Waals surface area (Å²) in [5.74, 6) is 0. The summed E-state index contributed by atoms with van der Waals surface area (Å²) in [5, 5.41) is 0. The van der Waals surface area contributed by atoms with Crippen molar-refractivity contribution in [1.29, 1.82) is 0 Å². The quantitative estimate of drug-likeness (QED) is 0.475. The molecule has 25 valence electrons. The predicted molar refractivity (Wildman–Crippen MR) is 16.4 cm³/mol. The summed E-state index contributed by atoms with van der Waals surface area (Å²) in [7, 11) is 0. The zero-order valence-corrected chi connectivity index (χ0v) is 4.38. The van der Waals surface area contributed by atoms with Gasteiger partial charge in [0.1, 0.15) is 0 Å². The van der Waals surface area contributed by atoms with E-state index in [2.05, 4.69) is 29.4 Å². The second-order valence-corrected chi connectivity index (χ2v) is 1.26. The van der Waals surface area contributed by atoms with E-state index in [0.717, 1.165) is 6.42 Å². The van der Waals surface area contributed by atoms with Crippen molar-refractivity contribution in [2.45, 2.75) is 13.3 Å². The average Bonchev–Trinajstić information content (AvgIpc) is 1.37. The fourth-order valence-electron chi connectivity index (χ4n) is 0. The van der Waals surface area contributed by atoms with Gasteiger partial charge in [0.05, 0.1) is 0 Å². The summed E-state index contributed by atoms with van der Waals surface area (Å²) in [6, 6.07) is 0. The molecule has 0 aromatic heterocycles. The van der Waals surface area contributed by atoms with E-state index in [4.69, 9.17) is 0 Å². The molecule has 1 heteroatoms. The molecule has 4 heavy (non-hydrogen) atoms. The van der Waals surface area contributed by atoms with Crippen LogP contribution in [0.2, 0.25) is 0 Å². The molecule has 0 heterocycles. The van der Waals surface area contributed by atoms with E-state index >= 15 is 0 Å². The molecule has 0 saturated carbocycles. The number of hydrogen-bond acceptors (Lipinski definition) is 0. The normalized spacial score (nSPS) is 6.25. The third kappa shape index (κ3) is 2.49. The first-order valence-corrected chi connectivity index (χ1v) is 2.32. The van der Waals surface area contributed by atoms with Gasteiger partial charge in [0.2, 0.25) is 0 Å². The molecule has 0 unspecified atom stereocenters. The fraction of sp³-hybridized carbons (Fsp3) is 0.667. The van der Waals surface area contributed by atoms with Crippen LogP contribution in [0.1, 0.15) is 13.3 Å². The van der Waals surface area contributed by atoms with Crippen molar-refractivity contribution in [2.24, 2.45) is 0 Å². The van der Waals surface area contributed by atoms with E-state index in [-0.39, 0.29) is 0 Å². The van der Waals surface area contributed by atoms with Gasteiger partial charge >= 0.3 is 35.8 Å². The summed E-state index contributed by atoms with van der Waals surface area (Å²) in [6.07, 6.45) is 1.16. The van der Waals surface area contributed by atoms with Gasteiger partial charge in [0, 0.05) is 0 Å². The Kier molecular flexibility index (Phi) is 3.92. The van der Waals surface area contributed by atoms with Crippen LogP contribution in [0.4, 0.5) is 0 Å². The fourth-order valence-corrected chi connectivity index (χ4v) is 0. The van der Waals surface area contributed by atoms with Crippen molar-refractivity contribution in [3.8, 4) is 0 Å². The molecule has 0 saturated heterocycles. The Morgan fingerprint density at radius 3 is 2.25 bits per heavy atom. The molecule has 0 amide bonds. The third-order valence-corrected chi connectivity index (χ3v) is 0.854. The molecule has 0 aliphatic heterocycles. The summed E-state index contributed by atoms with van der Waals surface area (Å²) in [6.45, 7) is 2.11. The topological polar surface area (TPSA) is 0 Å². The predicted octanol–water partition coefficient (Wildman–Crippen LogP) is 0.745. The van der Waals surface area contributed by atoms with Crippen molar-refractivity contribution in [1.82, 2.24) is 0 Å². The molecule has 0 aliphatic carbocycles. The maximum atomic E-state index is 2.45. The Bertz CT molecular complexity index is 17.2. The van der Waals surface area contributed by atoms with Gasteiger partial charge in [-0.25, -0.2) is 0 Å². The zero-order chi connectivity index (χ0) is 3.41. The standard InChI is InChI=1S/C3H6.Ru/c1-3-2;/h1H,3H2,2H3;/q;+1. The minimum atomic E-state index is 1.16. The molecular formula is C3H6Ru+. The van der Waals surface area contributed by atoms with Gasteiger partial charge in [-0.1, -0.05) is 0 Å². The van der Waals surface area contributed by atoms with Gasteiger partial charge in [-0.15, -0.1) is 0 Å². The van der Waals surface area contributed by atoms with Crippen LogP contribution in [-0.4, -0.2) is 4.61 Å². The first-order valence-electron chi connectivity index (χ1n) is 1.32. The molecule has 0 N–H and O–H groups in total. The van der Waals surface area contributed by atoms with Gasteiger partial charge in [-0.05, 0) is 0 Å². The Labute approximate surface area is 36.4 Å². The molecule has 0 bridgehead atoms. The van der Waals surface area contributed by atoms with Crippen LogP contribution in [0.5, 0.6) is 0 Å². The molecule has 0 radical (unpaired) electrons. The first kappa shape index (κ1) is 4.49. The molecule has 0 nitrogen and oxygen atoms in total. The van der Waals surface area contributed by atoms with Crippen LogP contribution < -0.4 is 0 Å². The van der Waals surface area contributed by atoms with Gasteiger partial charge in [-0.3, -0.25) is 0 Å². The Morgan fingerprint density at radius 1 is 2.00 bits per heavy atom.